The molecule has 0 radical (unpaired) electrons. The Kier molecular flexibility index (Phi) is 2.73. The Bertz CT molecular complexity index is 484. The van der Waals surface area contributed by atoms with E-state index in [1.54, 1.807) is 0 Å². The summed E-state index contributed by atoms with van der Waals surface area (Å²) >= 11 is 0. The van der Waals surface area contributed by atoms with E-state index in [9.17, 15) is 14.4 Å². The molecular formula is C10H10N4O3. The van der Waals surface area contributed by atoms with Crippen molar-refractivity contribution < 1.29 is 14.4 Å². The lowest BCUT2D eigenvalue weighted by Crippen LogP contribution is -2.53. The van der Waals surface area contributed by atoms with Crippen molar-refractivity contribution in [3.63, 3.8) is 0 Å². The number of carbonyl (C=O) groups excluding carboxylic acids is 3. The lowest BCUT2D eigenvalue weighted by molar-refractivity contribution is -0.135. The molecule has 0 aliphatic carbocycles. The van der Waals surface area contributed by atoms with E-state index in [-0.39, 0.29) is 24.3 Å². The van der Waals surface area contributed by atoms with E-state index < -0.39 is 17.7 Å². The fourth-order valence-electron chi connectivity index (χ4n) is 1.55. The van der Waals surface area contributed by atoms with Gasteiger partial charge in [0.05, 0.1) is 17.4 Å². The van der Waals surface area contributed by atoms with Crippen LogP contribution in [0.5, 0.6) is 0 Å². The van der Waals surface area contributed by atoms with Gasteiger partial charge >= 0.3 is 0 Å². The van der Waals surface area contributed by atoms with Crippen molar-refractivity contribution in [3.05, 3.63) is 24.0 Å². The van der Waals surface area contributed by atoms with Gasteiger partial charge < -0.3 is 10.6 Å². The number of anilines is 1. The molecule has 0 spiro atoms. The Balaban J connectivity index is 2.23. The highest BCUT2D eigenvalue weighted by Crippen LogP contribution is 2.12. The van der Waals surface area contributed by atoms with Gasteiger partial charge in [-0.25, -0.2) is 0 Å². The summed E-state index contributed by atoms with van der Waals surface area (Å²) in [7, 11) is 0. The Morgan fingerprint density at radius 1 is 1.35 bits per heavy atom. The number of pyridine rings is 1. The number of aromatic nitrogens is 1. The number of rotatable bonds is 1. The molecule has 0 atom stereocenters. The van der Waals surface area contributed by atoms with Gasteiger partial charge in [-0.3, -0.25) is 24.7 Å². The van der Waals surface area contributed by atoms with Crippen LogP contribution in [0.15, 0.2) is 18.5 Å². The van der Waals surface area contributed by atoms with Crippen molar-refractivity contribution in [2.24, 2.45) is 0 Å². The monoisotopic (exact) mass is 234 g/mol. The van der Waals surface area contributed by atoms with Gasteiger partial charge in [-0.15, -0.1) is 0 Å². The number of nitrogen functional groups attached to an aromatic ring is 1. The molecule has 2 heterocycles. The molecule has 0 bridgehead atoms. The highest BCUT2D eigenvalue weighted by atomic mass is 16.2. The van der Waals surface area contributed by atoms with Crippen molar-refractivity contribution >= 4 is 23.4 Å². The Hall–Kier alpha value is -2.44. The SMILES string of the molecule is Nc1cnccc1C(=O)N1CC(=O)NC(=O)C1. The first-order chi connectivity index (χ1) is 8.08. The number of nitrogens with two attached hydrogens (primary N) is 1. The van der Waals surface area contributed by atoms with Gasteiger partial charge in [0.2, 0.25) is 11.8 Å². The van der Waals surface area contributed by atoms with Crippen LogP contribution in [0, 0.1) is 0 Å². The zero-order valence-electron chi connectivity index (χ0n) is 8.84. The minimum absolute atomic E-state index is 0.146. The number of hydrogen-bond acceptors (Lipinski definition) is 5. The molecule has 1 fully saturated rings. The molecule has 0 unspecified atom stereocenters. The first-order valence-electron chi connectivity index (χ1n) is 4.89. The highest BCUT2D eigenvalue weighted by molar-refractivity contribution is 6.07. The van der Waals surface area contributed by atoms with Crippen molar-refractivity contribution in [1.82, 2.24) is 15.2 Å². The molecule has 3 N–H and O–H groups in total. The van der Waals surface area contributed by atoms with Crippen LogP contribution in [-0.4, -0.2) is 40.7 Å². The van der Waals surface area contributed by atoms with E-state index in [2.05, 4.69) is 10.3 Å². The third kappa shape index (κ3) is 2.22. The summed E-state index contributed by atoms with van der Waals surface area (Å²) in [6.07, 6.45) is 2.77. The molecule has 7 heteroatoms. The van der Waals surface area contributed by atoms with Crippen molar-refractivity contribution in [3.8, 4) is 0 Å². The average molecular weight is 234 g/mol. The number of nitrogens with one attached hydrogen (secondary N) is 1. The van der Waals surface area contributed by atoms with E-state index in [1.807, 2.05) is 0 Å². The summed E-state index contributed by atoms with van der Waals surface area (Å²) in [5.41, 5.74) is 6.06. The van der Waals surface area contributed by atoms with Gasteiger partial charge in [0.25, 0.3) is 5.91 Å². The van der Waals surface area contributed by atoms with Crippen LogP contribution >= 0.6 is 0 Å². The second kappa shape index (κ2) is 4.20. The molecule has 0 aromatic carbocycles. The van der Waals surface area contributed by atoms with E-state index in [0.717, 1.165) is 4.90 Å². The summed E-state index contributed by atoms with van der Waals surface area (Å²) in [6.45, 7) is -0.293. The Morgan fingerprint density at radius 3 is 2.59 bits per heavy atom. The third-order valence-electron chi connectivity index (χ3n) is 2.32. The van der Waals surface area contributed by atoms with Gasteiger partial charge in [-0.1, -0.05) is 0 Å². The van der Waals surface area contributed by atoms with E-state index in [1.165, 1.54) is 18.5 Å². The second-order valence-electron chi connectivity index (χ2n) is 3.60. The molecule has 88 valence electrons. The predicted molar refractivity (Wildman–Crippen MR) is 57.7 cm³/mol. The normalized spacial score (nSPS) is 15.6. The number of carbonyl (C=O) groups is 3. The standard InChI is InChI=1S/C10H10N4O3/c11-7-3-12-2-1-6(7)10(17)14-4-8(15)13-9(16)5-14/h1-3H,4-5,11H2,(H,13,15,16). The topological polar surface area (TPSA) is 105 Å². The van der Waals surface area contributed by atoms with Crippen LogP contribution in [0.25, 0.3) is 0 Å². The van der Waals surface area contributed by atoms with Crippen LogP contribution in [0.1, 0.15) is 10.4 Å². The highest BCUT2D eigenvalue weighted by Gasteiger charge is 2.27. The summed E-state index contributed by atoms with van der Waals surface area (Å²) < 4.78 is 0. The Labute approximate surface area is 96.6 Å². The summed E-state index contributed by atoms with van der Waals surface area (Å²) in [5, 5.41) is 2.11. The molecule has 1 aromatic rings. The maximum Gasteiger partial charge on any atom is 0.256 e. The van der Waals surface area contributed by atoms with Crippen molar-refractivity contribution in [1.29, 1.82) is 0 Å². The summed E-state index contributed by atoms with van der Waals surface area (Å²) in [5.74, 6) is -1.45. The zero-order valence-corrected chi connectivity index (χ0v) is 8.84. The number of piperazine rings is 1. The van der Waals surface area contributed by atoms with Crippen molar-refractivity contribution in [2.45, 2.75) is 0 Å². The van der Waals surface area contributed by atoms with Crippen LogP contribution in [-0.2, 0) is 9.59 Å². The first-order valence-corrected chi connectivity index (χ1v) is 4.89. The molecule has 1 aromatic heterocycles. The molecule has 0 saturated carbocycles. The summed E-state index contributed by atoms with van der Waals surface area (Å²) in [6, 6.07) is 1.45. The molecule has 3 amide bonds. The fraction of sp³-hybridized carbons (Fsp3) is 0.200. The third-order valence-corrected chi connectivity index (χ3v) is 2.32. The molecule has 7 nitrogen and oxygen atoms in total. The van der Waals surface area contributed by atoms with Crippen LogP contribution in [0.2, 0.25) is 0 Å². The van der Waals surface area contributed by atoms with E-state index in [0.29, 0.717) is 0 Å². The summed E-state index contributed by atoms with van der Waals surface area (Å²) in [4.78, 5) is 39.2. The lowest BCUT2D eigenvalue weighted by Gasteiger charge is -2.25. The second-order valence-corrected chi connectivity index (χ2v) is 3.60. The van der Waals surface area contributed by atoms with Gasteiger partial charge in [-0.05, 0) is 6.07 Å². The van der Waals surface area contributed by atoms with Crippen LogP contribution in [0.4, 0.5) is 5.69 Å². The molecule has 1 aliphatic heterocycles. The molecule has 17 heavy (non-hydrogen) atoms. The van der Waals surface area contributed by atoms with E-state index >= 15 is 0 Å². The average Bonchev–Trinajstić information content (AvgIpc) is 2.27. The van der Waals surface area contributed by atoms with Crippen LogP contribution in [0.3, 0.4) is 0 Å². The maximum atomic E-state index is 12.0. The van der Waals surface area contributed by atoms with E-state index in [4.69, 9.17) is 5.73 Å². The number of hydrogen-bond donors (Lipinski definition) is 2. The minimum Gasteiger partial charge on any atom is -0.397 e. The van der Waals surface area contributed by atoms with Gasteiger partial charge in [0.1, 0.15) is 13.1 Å². The largest absolute Gasteiger partial charge is 0.397 e. The zero-order chi connectivity index (χ0) is 12.4. The minimum atomic E-state index is -0.498. The van der Waals surface area contributed by atoms with Crippen molar-refractivity contribution in [2.75, 3.05) is 18.8 Å². The molecule has 1 aliphatic rings. The molecule has 1 saturated heterocycles. The van der Waals surface area contributed by atoms with Gasteiger partial charge in [0, 0.05) is 6.20 Å². The van der Waals surface area contributed by atoms with Gasteiger partial charge in [0.15, 0.2) is 0 Å². The number of imide groups is 1. The fourth-order valence-corrected chi connectivity index (χ4v) is 1.55. The molecular weight excluding hydrogens is 224 g/mol. The first kappa shape index (κ1) is 11.1. The van der Waals surface area contributed by atoms with Crippen LogP contribution < -0.4 is 11.1 Å². The maximum absolute atomic E-state index is 12.0. The molecule has 2 rings (SSSR count). The predicted octanol–water partition coefficient (Wildman–Crippen LogP) is -1.24. The lowest BCUT2D eigenvalue weighted by atomic mass is 10.2. The number of amides is 3. The number of nitrogens with zero attached hydrogens (tertiary/aromatic N) is 2. The smallest absolute Gasteiger partial charge is 0.256 e. The van der Waals surface area contributed by atoms with Gasteiger partial charge in [-0.2, -0.15) is 0 Å². The Morgan fingerprint density at radius 2 is 2.00 bits per heavy atom. The quantitative estimate of drug-likeness (QED) is 0.591.